The van der Waals surface area contributed by atoms with Gasteiger partial charge in [-0.25, -0.2) is 22.0 Å². The Morgan fingerprint density at radius 3 is 1.72 bits per heavy atom. The topological polar surface area (TPSA) is 33.0 Å². The van der Waals surface area contributed by atoms with E-state index in [2.05, 4.69) is 4.74 Å². The van der Waals surface area contributed by atoms with Gasteiger partial charge in [0.25, 0.3) is 0 Å². The normalized spacial score (nSPS) is 11.3. The van der Waals surface area contributed by atoms with E-state index >= 15 is 0 Å². The molecule has 0 bridgehead atoms. The van der Waals surface area contributed by atoms with Gasteiger partial charge in [0.2, 0.25) is 0 Å². The van der Waals surface area contributed by atoms with Gasteiger partial charge in [-0.05, 0) is 41.8 Å². The average Bonchev–Trinajstić information content (AvgIpc) is 2.78. The smallest absolute Gasteiger partial charge is 0.429 e. The molecule has 2 nitrogen and oxygen atoms in total. The molecule has 0 aliphatic rings. The number of halogens is 7. The highest BCUT2D eigenvalue weighted by Gasteiger charge is 2.41. The van der Waals surface area contributed by atoms with Crippen molar-refractivity contribution < 1.29 is 35.5 Å². The lowest BCUT2D eigenvalue weighted by molar-refractivity contribution is -0.189. The molecule has 0 saturated heterocycles. The first kappa shape index (κ1) is 24.8. The van der Waals surface area contributed by atoms with Crippen LogP contribution in [0.4, 0.5) is 30.7 Å². The molecule has 0 amide bonds. The first-order valence-electron chi connectivity index (χ1n) is 10.3. The van der Waals surface area contributed by atoms with Crippen molar-refractivity contribution in [1.82, 2.24) is 0 Å². The lowest BCUT2D eigenvalue weighted by Crippen LogP contribution is -2.25. The highest BCUT2D eigenvalue weighted by atomic mass is 19.3. The maximum absolute atomic E-state index is 14.8. The van der Waals surface area contributed by atoms with E-state index < -0.39 is 52.1 Å². The number of alkyl halides is 2. The van der Waals surface area contributed by atoms with Crippen molar-refractivity contribution in [2.24, 2.45) is 0 Å². The Hall–Kier alpha value is -4.32. The maximum atomic E-state index is 14.8. The summed E-state index contributed by atoms with van der Waals surface area (Å²) in [7, 11) is 0. The summed E-state index contributed by atoms with van der Waals surface area (Å²) in [5, 5.41) is 8.65. The maximum Gasteiger partial charge on any atom is 0.432 e. The fraction of sp³-hybridized carbons (Fsp3) is 0.0741. The van der Waals surface area contributed by atoms with Crippen LogP contribution in [0.2, 0.25) is 0 Å². The molecular formula is C27H14F7NO. The Labute approximate surface area is 200 Å². The van der Waals surface area contributed by atoms with Gasteiger partial charge in [-0.15, -0.1) is 0 Å². The van der Waals surface area contributed by atoms with Crippen molar-refractivity contribution in [1.29, 1.82) is 5.26 Å². The van der Waals surface area contributed by atoms with Crippen LogP contribution in [0.5, 0.6) is 5.75 Å². The third-order valence-electron chi connectivity index (χ3n) is 5.37. The van der Waals surface area contributed by atoms with Crippen molar-refractivity contribution in [2.75, 3.05) is 0 Å². The van der Waals surface area contributed by atoms with Gasteiger partial charge in [-0.2, -0.15) is 14.0 Å². The molecule has 0 aromatic heterocycles. The zero-order valence-corrected chi connectivity index (χ0v) is 18.4. The lowest BCUT2D eigenvalue weighted by atomic mass is 9.98. The zero-order chi connectivity index (χ0) is 26.2. The molecule has 182 valence electrons. The predicted octanol–water partition coefficient (Wildman–Crippen LogP) is 8.02. The summed E-state index contributed by atoms with van der Waals surface area (Å²) < 4.78 is 105. The van der Waals surface area contributed by atoms with Crippen molar-refractivity contribution >= 4 is 0 Å². The van der Waals surface area contributed by atoms with Crippen molar-refractivity contribution in [3.8, 4) is 34.1 Å². The van der Waals surface area contributed by atoms with Crippen molar-refractivity contribution in [3.05, 3.63) is 113 Å². The number of nitriles is 1. The third kappa shape index (κ3) is 4.75. The molecule has 36 heavy (non-hydrogen) atoms. The van der Waals surface area contributed by atoms with Crippen LogP contribution >= 0.6 is 0 Å². The molecule has 0 heterocycles. The first-order valence-corrected chi connectivity index (χ1v) is 10.3. The lowest BCUT2D eigenvalue weighted by Gasteiger charge is -2.20. The number of benzene rings is 4. The van der Waals surface area contributed by atoms with Gasteiger partial charge in [0.1, 0.15) is 52.0 Å². The van der Waals surface area contributed by atoms with Crippen LogP contribution < -0.4 is 4.74 Å². The van der Waals surface area contributed by atoms with Crippen LogP contribution in [0.15, 0.2) is 66.7 Å². The molecule has 4 aromatic carbocycles. The Kier molecular flexibility index (Phi) is 6.46. The van der Waals surface area contributed by atoms with Gasteiger partial charge in [0.05, 0.1) is 0 Å². The van der Waals surface area contributed by atoms with E-state index in [-0.39, 0.29) is 23.3 Å². The molecule has 4 aromatic rings. The second-order valence-corrected chi connectivity index (χ2v) is 7.87. The average molecular weight is 501 g/mol. The number of nitrogens with zero attached hydrogens (tertiary/aromatic N) is 1. The molecule has 0 saturated carbocycles. The standard InChI is InChI=1S/C27H14F7NO/c1-14-2-4-15(5-3-14)16-6-7-19(21(28)8-16)17-9-24(31)26(25(32)10-17)27(33,34)36-18-11-22(29)20(13-35)23(30)12-18/h2-12H,1H3. The summed E-state index contributed by atoms with van der Waals surface area (Å²) >= 11 is 0. The molecule has 0 atom stereocenters. The Balaban J connectivity index is 1.67. The highest BCUT2D eigenvalue weighted by molar-refractivity contribution is 5.71. The molecule has 4 rings (SSSR count). The molecule has 9 heteroatoms. The number of aryl methyl sites for hydroxylation is 1. The van der Waals surface area contributed by atoms with E-state index in [1.165, 1.54) is 18.2 Å². The van der Waals surface area contributed by atoms with Gasteiger partial charge >= 0.3 is 6.11 Å². The van der Waals surface area contributed by atoms with E-state index in [0.29, 0.717) is 23.3 Å². The van der Waals surface area contributed by atoms with E-state index in [1.54, 1.807) is 12.1 Å². The minimum absolute atomic E-state index is 0.240. The monoisotopic (exact) mass is 501 g/mol. The van der Waals surface area contributed by atoms with E-state index in [0.717, 1.165) is 11.6 Å². The van der Waals surface area contributed by atoms with Crippen molar-refractivity contribution in [2.45, 2.75) is 13.0 Å². The van der Waals surface area contributed by atoms with E-state index in [1.807, 2.05) is 19.1 Å². The molecule has 0 spiro atoms. The minimum atomic E-state index is -4.70. The molecule has 0 radical (unpaired) electrons. The Bertz CT molecular complexity index is 1460. The predicted molar refractivity (Wildman–Crippen MR) is 118 cm³/mol. The summed E-state index contributed by atoms with van der Waals surface area (Å²) in [6.45, 7) is 1.88. The summed E-state index contributed by atoms with van der Waals surface area (Å²) in [6, 6.07) is 13.9. The number of hydrogen-bond donors (Lipinski definition) is 0. The number of ether oxygens (including phenoxy) is 1. The SMILES string of the molecule is Cc1ccc(-c2ccc(-c3cc(F)c(C(F)(F)Oc4cc(F)c(C#N)c(F)c4)c(F)c3)c(F)c2)cc1. The number of hydrogen-bond acceptors (Lipinski definition) is 2. The van der Waals surface area contributed by atoms with Crippen molar-refractivity contribution in [3.63, 3.8) is 0 Å². The summed E-state index contributed by atoms with van der Waals surface area (Å²) in [6.07, 6.45) is -4.70. The molecule has 0 fully saturated rings. The first-order chi connectivity index (χ1) is 17.0. The second kappa shape index (κ2) is 9.38. The molecule has 0 aliphatic carbocycles. The summed E-state index contributed by atoms with van der Waals surface area (Å²) in [5.74, 6) is -8.48. The fourth-order valence-corrected chi connectivity index (χ4v) is 3.60. The summed E-state index contributed by atoms with van der Waals surface area (Å²) in [5.41, 5.74) is -1.28. The van der Waals surface area contributed by atoms with E-state index in [4.69, 9.17) is 5.26 Å². The Morgan fingerprint density at radius 2 is 1.19 bits per heavy atom. The van der Waals surface area contributed by atoms with Crippen LogP contribution in [0.3, 0.4) is 0 Å². The van der Waals surface area contributed by atoms with Crippen LogP contribution in [0, 0.1) is 47.3 Å². The van der Waals surface area contributed by atoms with Crippen LogP contribution in [0.25, 0.3) is 22.3 Å². The van der Waals surface area contributed by atoms with Gasteiger partial charge < -0.3 is 4.74 Å². The number of rotatable bonds is 5. The van der Waals surface area contributed by atoms with Crippen LogP contribution in [-0.2, 0) is 6.11 Å². The van der Waals surface area contributed by atoms with Gasteiger partial charge in [-0.1, -0.05) is 42.0 Å². The minimum Gasteiger partial charge on any atom is -0.429 e. The van der Waals surface area contributed by atoms with Gasteiger partial charge in [0.15, 0.2) is 0 Å². The second-order valence-electron chi connectivity index (χ2n) is 7.87. The van der Waals surface area contributed by atoms with Gasteiger partial charge in [0, 0.05) is 17.7 Å². The molecular weight excluding hydrogens is 487 g/mol. The zero-order valence-electron chi connectivity index (χ0n) is 18.4. The van der Waals surface area contributed by atoms with E-state index in [9.17, 15) is 30.7 Å². The third-order valence-corrected chi connectivity index (χ3v) is 5.37. The molecule has 0 N–H and O–H groups in total. The summed E-state index contributed by atoms with van der Waals surface area (Å²) in [4.78, 5) is 0. The fourth-order valence-electron chi connectivity index (χ4n) is 3.60. The van der Waals surface area contributed by atoms with Gasteiger partial charge in [-0.3, -0.25) is 0 Å². The van der Waals surface area contributed by atoms with Crippen LogP contribution in [-0.4, -0.2) is 0 Å². The molecule has 0 unspecified atom stereocenters. The highest BCUT2D eigenvalue weighted by Crippen LogP contribution is 2.38. The quantitative estimate of drug-likeness (QED) is 0.260. The molecule has 0 aliphatic heterocycles. The van der Waals surface area contributed by atoms with Crippen LogP contribution in [0.1, 0.15) is 16.7 Å². The largest absolute Gasteiger partial charge is 0.432 e. The Morgan fingerprint density at radius 1 is 0.667 bits per heavy atom.